The van der Waals surface area contributed by atoms with Crippen molar-refractivity contribution in [2.75, 3.05) is 18.0 Å². The minimum atomic E-state index is -4.41. The first-order chi connectivity index (χ1) is 13.9. The molecule has 6 nitrogen and oxygen atoms in total. The Morgan fingerprint density at radius 2 is 1.93 bits per heavy atom. The first kappa shape index (κ1) is 21.1. The fourth-order valence-corrected chi connectivity index (χ4v) is 4.50. The van der Waals surface area contributed by atoms with Crippen molar-refractivity contribution in [2.24, 2.45) is 11.8 Å². The molecule has 2 atom stereocenters. The molecule has 1 fully saturated rings. The minimum Gasteiger partial charge on any atom is -0.390 e. The van der Waals surface area contributed by atoms with Crippen molar-refractivity contribution in [1.82, 2.24) is 19.7 Å². The lowest BCUT2D eigenvalue weighted by Gasteiger charge is -2.42. The van der Waals surface area contributed by atoms with Crippen molar-refractivity contribution in [3.8, 4) is 0 Å². The number of nitrogens with zero attached hydrogens (tertiary/aromatic N) is 5. The molecule has 4 rings (SSSR count). The summed E-state index contributed by atoms with van der Waals surface area (Å²) in [4.78, 5) is 10.6. The molecule has 0 aromatic carbocycles. The maximum absolute atomic E-state index is 13.4. The smallest absolute Gasteiger partial charge is 0.390 e. The third-order valence-corrected chi connectivity index (χ3v) is 5.82. The van der Waals surface area contributed by atoms with Gasteiger partial charge in [0.25, 0.3) is 0 Å². The number of alkyl halides is 3. The van der Waals surface area contributed by atoms with Gasteiger partial charge in [-0.3, -0.25) is 0 Å². The summed E-state index contributed by atoms with van der Waals surface area (Å²) in [7, 11) is 0. The Morgan fingerprint density at radius 3 is 2.57 bits per heavy atom. The second kappa shape index (κ2) is 7.23. The van der Waals surface area contributed by atoms with Crippen LogP contribution in [0.15, 0.2) is 30.0 Å². The second-order valence-electron chi connectivity index (χ2n) is 8.71. The highest BCUT2D eigenvalue weighted by atomic mass is 35.5. The predicted octanol–water partition coefficient (Wildman–Crippen LogP) is 4.31. The van der Waals surface area contributed by atoms with Gasteiger partial charge in [-0.05, 0) is 37.8 Å². The zero-order chi connectivity index (χ0) is 21.8. The minimum absolute atomic E-state index is 0.0178. The first-order valence-corrected chi connectivity index (χ1v) is 10.2. The van der Waals surface area contributed by atoms with Crippen LogP contribution in [0.4, 0.5) is 19.0 Å². The van der Waals surface area contributed by atoms with E-state index in [1.165, 1.54) is 17.7 Å². The van der Waals surface area contributed by atoms with Crippen LogP contribution < -0.4 is 4.90 Å². The van der Waals surface area contributed by atoms with E-state index < -0.39 is 29.3 Å². The summed E-state index contributed by atoms with van der Waals surface area (Å²) in [6.45, 7) is 6.50. The van der Waals surface area contributed by atoms with Gasteiger partial charge in [0.15, 0.2) is 5.65 Å². The molecule has 1 saturated heterocycles. The lowest BCUT2D eigenvalue weighted by molar-refractivity contribution is -0.1000. The lowest BCUT2D eigenvalue weighted by Crippen LogP contribution is -2.49. The lowest BCUT2D eigenvalue weighted by atomic mass is 9.88. The number of hydrogen-bond donors (Lipinski definition) is 1. The van der Waals surface area contributed by atoms with Crippen LogP contribution in [-0.2, 0) is 0 Å². The van der Waals surface area contributed by atoms with E-state index in [4.69, 9.17) is 11.6 Å². The average Bonchev–Trinajstić information content (AvgIpc) is 2.99. The van der Waals surface area contributed by atoms with E-state index >= 15 is 0 Å². The molecule has 162 valence electrons. The summed E-state index contributed by atoms with van der Waals surface area (Å²) in [5, 5.41) is 15.0. The Labute approximate surface area is 177 Å². The molecule has 0 radical (unpaired) electrons. The number of aliphatic hydroxyl groups is 1. The first-order valence-electron chi connectivity index (χ1n) is 9.78. The van der Waals surface area contributed by atoms with Crippen LogP contribution in [0.1, 0.15) is 33.2 Å². The summed E-state index contributed by atoms with van der Waals surface area (Å²) in [6.07, 6.45) is 2.03. The van der Waals surface area contributed by atoms with E-state index in [0.29, 0.717) is 42.3 Å². The molecule has 2 unspecified atom stereocenters. The SMILES string of the molecule is CC1C(C(F)(F)F)=CC=CC1n1ncc2c(N3CC(CC(C)(C)O)C3)nc(Cl)nc21. The highest BCUT2D eigenvalue weighted by Gasteiger charge is 2.41. The van der Waals surface area contributed by atoms with Crippen molar-refractivity contribution in [2.45, 2.75) is 45.0 Å². The molecule has 0 bridgehead atoms. The molecule has 10 heteroatoms. The van der Waals surface area contributed by atoms with Crippen LogP contribution in [-0.4, -0.2) is 49.7 Å². The molecule has 3 heterocycles. The highest BCUT2D eigenvalue weighted by molar-refractivity contribution is 6.28. The molecule has 2 aliphatic rings. The van der Waals surface area contributed by atoms with E-state index in [9.17, 15) is 18.3 Å². The fraction of sp³-hybridized carbons (Fsp3) is 0.550. The Kier molecular flexibility index (Phi) is 5.09. The maximum Gasteiger partial charge on any atom is 0.413 e. The summed E-state index contributed by atoms with van der Waals surface area (Å²) < 4.78 is 41.6. The van der Waals surface area contributed by atoms with Crippen LogP contribution in [0.5, 0.6) is 0 Å². The van der Waals surface area contributed by atoms with Crippen molar-refractivity contribution in [3.63, 3.8) is 0 Å². The van der Waals surface area contributed by atoms with Gasteiger partial charge in [-0.1, -0.05) is 25.2 Å². The van der Waals surface area contributed by atoms with E-state index in [1.807, 2.05) is 4.90 Å². The Balaban J connectivity index is 1.64. The van der Waals surface area contributed by atoms with Crippen LogP contribution in [0.25, 0.3) is 11.0 Å². The Bertz CT molecular complexity index is 1020. The second-order valence-corrected chi connectivity index (χ2v) is 9.05. The molecule has 1 aliphatic heterocycles. The van der Waals surface area contributed by atoms with Gasteiger partial charge in [0.1, 0.15) is 5.82 Å². The van der Waals surface area contributed by atoms with Crippen molar-refractivity contribution in [3.05, 3.63) is 35.3 Å². The number of aromatic nitrogens is 4. The number of hydrogen-bond acceptors (Lipinski definition) is 5. The molecule has 1 aliphatic carbocycles. The summed E-state index contributed by atoms with van der Waals surface area (Å²) in [5.41, 5.74) is -0.940. The van der Waals surface area contributed by atoms with E-state index in [1.54, 1.807) is 26.1 Å². The largest absolute Gasteiger partial charge is 0.413 e. The molecule has 0 spiro atoms. The van der Waals surface area contributed by atoms with Crippen molar-refractivity contribution in [1.29, 1.82) is 0 Å². The van der Waals surface area contributed by atoms with Gasteiger partial charge in [-0.15, -0.1) is 0 Å². The monoisotopic (exact) mass is 441 g/mol. The number of fused-ring (bicyclic) bond motifs is 1. The molecule has 1 N–H and O–H groups in total. The molecular formula is C20H23ClF3N5O. The number of rotatable bonds is 4. The molecule has 0 amide bonds. The van der Waals surface area contributed by atoms with Gasteiger partial charge in [-0.25, -0.2) is 4.68 Å². The summed E-state index contributed by atoms with van der Waals surface area (Å²) in [5.74, 6) is 0.113. The summed E-state index contributed by atoms with van der Waals surface area (Å²) >= 11 is 6.16. The third kappa shape index (κ3) is 3.92. The molecule has 0 saturated carbocycles. The summed E-state index contributed by atoms with van der Waals surface area (Å²) in [6, 6.07) is -0.637. The molecular weight excluding hydrogens is 419 g/mol. The van der Waals surface area contributed by atoms with Crippen LogP contribution in [0, 0.1) is 11.8 Å². The van der Waals surface area contributed by atoms with Gasteiger partial charge < -0.3 is 10.0 Å². The molecule has 2 aromatic heterocycles. The number of anilines is 1. The van der Waals surface area contributed by atoms with E-state index in [0.717, 1.165) is 6.08 Å². The van der Waals surface area contributed by atoms with Crippen molar-refractivity contribution >= 4 is 28.5 Å². The van der Waals surface area contributed by atoms with E-state index in [-0.39, 0.29) is 5.28 Å². The predicted molar refractivity (Wildman–Crippen MR) is 108 cm³/mol. The third-order valence-electron chi connectivity index (χ3n) is 5.65. The van der Waals surface area contributed by atoms with Gasteiger partial charge in [-0.2, -0.15) is 28.2 Å². The standard InChI is InChI=1S/C20H23ClF3N5O/c1-11-14(20(22,23)24)5-4-6-15(11)29-17-13(8-25-29)16(26-18(21)27-17)28-9-12(10-28)7-19(2,3)30/h4-6,8,11-12,15,30H,7,9-10H2,1-3H3. The zero-order valence-corrected chi connectivity index (χ0v) is 17.6. The number of allylic oxidation sites excluding steroid dienone is 4. The zero-order valence-electron chi connectivity index (χ0n) is 16.9. The normalized spacial score (nSPS) is 23.1. The fourth-order valence-electron chi connectivity index (χ4n) is 4.34. The topological polar surface area (TPSA) is 67.1 Å². The van der Waals surface area contributed by atoms with Gasteiger partial charge in [0.05, 0.1) is 23.2 Å². The Morgan fingerprint density at radius 1 is 1.23 bits per heavy atom. The highest BCUT2D eigenvalue weighted by Crippen LogP contribution is 2.41. The van der Waals surface area contributed by atoms with Gasteiger partial charge >= 0.3 is 6.18 Å². The molecule has 30 heavy (non-hydrogen) atoms. The van der Waals surface area contributed by atoms with Crippen LogP contribution >= 0.6 is 11.6 Å². The Hall–Kier alpha value is -2.13. The van der Waals surface area contributed by atoms with E-state index in [2.05, 4.69) is 15.1 Å². The quantitative estimate of drug-likeness (QED) is 0.716. The van der Waals surface area contributed by atoms with Crippen molar-refractivity contribution < 1.29 is 18.3 Å². The maximum atomic E-state index is 13.4. The number of halogens is 4. The van der Waals surface area contributed by atoms with Crippen LogP contribution in [0.3, 0.4) is 0 Å². The van der Waals surface area contributed by atoms with Gasteiger partial charge in [0, 0.05) is 24.6 Å². The molecule has 2 aromatic rings. The average molecular weight is 442 g/mol. The van der Waals surface area contributed by atoms with Crippen LogP contribution in [0.2, 0.25) is 5.28 Å². The van der Waals surface area contributed by atoms with Gasteiger partial charge in [0.2, 0.25) is 5.28 Å².